The fourth-order valence-electron chi connectivity index (χ4n) is 5.43. The van der Waals surface area contributed by atoms with Gasteiger partial charge in [0.25, 0.3) is 0 Å². The van der Waals surface area contributed by atoms with Crippen LogP contribution in [0.15, 0.2) is 18.5 Å². The van der Waals surface area contributed by atoms with Crippen molar-refractivity contribution in [3.05, 3.63) is 34.0 Å². The number of nitrogens with one attached hydrogen (secondary N) is 1. The van der Waals surface area contributed by atoms with E-state index in [0.717, 1.165) is 17.7 Å². The predicted molar refractivity (Wildman–Crippen MR) is 124 cm³/mol. The highest BCUT2D eigenvalue weighted by atomic mass is 32.1. The van der Waals surface area contributed by atoms with Crippen molar-refractivity contribution in [3.8, 4) is 11.8 Å². The minimum atomic E-state index is -1.09. The summed E-state index contributed by atoms with van der Waals surface area (Å²) in [5.41, 5.74) is 0.309. The Morgan fingerprint density at radius 1 is 1.27 bits per heavy atom. The molecule has 0 saturated heterocycles. The summed E-state index contributed by atoms with van der Waals surface area (Å²) in [6.07, 6.45) is 3.40. The maximum atomic E-state index is 12.3. The number of anilines is 1. The molecule has 0 spiro atoms. The van der Waals surface area contributed by atoms with Gasteiger partial charge < -0.3 is 20.1 Å². The molecule has 3 aliphatic rings. The van der Waals surface area contributed by atoms with E-state index < -0.39 is 23.7 Å². The minimum Gasteiger partial charge on any atom is -0.389 e. The van der Waals surface area contributed by atoms with Crippen molar-refractivity contribution >= 4 is 34.1 Å². The number of aryl methyl sites for hydroxylation is 1. The first-order valence-corrected chi connectivity index (χ1v) is 12.2. The van der Waals surface area contributed by atoms with Crippen molar-refractivity contribution in [2.75, 3.05) is 5.32 Å². The number of aromatic nitrogens is 4. The van der Waals surface area contributed by atoms with Gasteiger partial charge in [-0.15, -0.1) is 11.3 Å². The molecule has 0 bridgehead atoms. The van der Waals surface area contributed by atoms with Gasteiger partial charge in [-0.05, 0) is 69.4 Å². The molecular formula is C24H25N5O3S. The molecule has 3 aromatic heterocycles. The van der Waals surface area contributed by atoms with Crippen molar-refractivity contribution in [1.29, 1.82) is 0 Å². The fourth-order valence-corrected chi connectivity index (χ4v) is 6.15. The first kappa shape index (κ1) is 20.8. The van der Waals surface area contributed by atoms with Gasteiger partial charge in [-0.2, -0.15) is 0 Å². The second kappa shape index (κ2) is 7.35. The lowest BCUT2D eigenvalue weighted by Gasteiger charge is -2.27. The zero-order chi connectivity index (χ0) is 22.9. The molecule has 0 radical (unpaired) electrons. The molecule has 6 rings (SSSR count). The van der Waals surface area contributed by atoms with Gasteiger partial charge in [-0.1, -0.05) is 0 Å². The van der Waals surface area contributed by atoms with E-state index in [1.807, 2.05) is 19.1 Å². The number of nitrogens with zero attached hydrogens (tertiary/aromatic N) is 4. The predicted octanol–water partition coefficient (Wildman–Crippen LogP) is 2.43. The van der Waals surface area contributed by atoms with Crippen LogP contribution in [0.1, 0.15) is 54.2 Å². The average molecular weight is 464 g/mol. The van der Waals surface area contributed by atoms with Crippen LogP contribution in [0.5, 0.6) is 0 Å². The largest absolute Gasteiger partial charge is 0.389 e. The maximum absolute atomic E-state index is 12.3. The second-order valence-corrected chi connectivity index (χ2v) is 10.8. The molecule has 3 fully saturated rings. The number of thiophene rings is 1. The lowest BCUT2D eigenvalue weighted by Crippen LogP contribution is -2.36. The number of hydrogen-bond acceptors (Lipinski definition) is 8. The number of carbonyl (C=O) groups excluding carboxylic acids is 1. The second-order valence-electron chi connectivity index (χ2n) is 9.49. The third-order valence-corrected chi connectivity index (χ3v) is 8.47. The van der Waals surface area contributed by atoms with Gasteiger partial charge in [0.2, 0.25) is 5.82 Å². The molecule has 3 saturated carbocycles. The van der Waals surface area contributed by atoms with E-state index in [4.69, 9.17) is 4.98 Å². The van der Waals surface area contributed by atoms with Crippen LogP contribution in [0.2, 0.25) is 0 Å². The molecule has 170 valence electrons. The summed E-state index contributed by atoms with van der Waals surface area (Å²) in [6, 6.07) is 3.89. The van der Waals surface area contributed by atoms with Gasteiger partial charge in [0.1, 0.15) is 11.9 Å². The molecule has 3 N–H and O–H groups in total. The number of carbonyl (C=O) groups is 1. The number of fused-ring (bicyclic) bond motifs is 2. The normalized spacial score (nSPS) is 30.4. The Morgan fingerprint density at radius 2 is 2.09 bits per heavy atom. The van der Waals surface area contributed by atoms with Crippen LogP contribution in [0.3, 0.4) is 0 Å². The van der Waals surface area contributed by atoms with Crippen LogP contribution < -0.4 is 5.32 Å². The molecule has 0 aliphatic heterocycles. The molecule has 5 atom stereocenters. The molecule has 3 heterocycles. The standard InChI is InChI=1S/C24H25N5O3S/c1-12-6-7-15(33-12)8-9-17-27-22(26-14-4-3-5-14)18-23(28-17)29(11-25-18)19-16-10-24(16,13(2)30)21(32)20(19)31/h6-7,11,14,16,19-21,31-32H,3-5,10H2,1-2H3,(H,26,27,28)/t16?,19-,20+,21?,24-/m1/s1. The van der Waals surface area contributed by atoms with Crippen molar-refractivity contribution in [2.24, 2.45) is 11.3 Å². The Hall–Kier alpha value is -2.80. The highest BCUT2D eigenvalue weighted by Gasteiger charge is 2.74. The van der Waals surface area contributed by atoms with E-state index in [-0.39, 0.29) is 11.7 Å². The van der Waals surface area contributed by atoms with E-state index in [9.17, 15) is 15.0 Å². The summed E-state index contributed by atoms with van der Waals surface area (Å²) in [4.78, 5) is 28.3. The van der Waals surface area contributed by atoms with Gasteiger partial charge in [0.15, 0.2) is 17.0 Å². The smallest absolute Gasteiger partial charge is 0.209 e. The molecule has 0 aromatic carbocycles. The highest BCUT2D eigenvalue weighted by Crippen LogP contribution is 2.68. The summed E-state index contributed by atoms with van der Waals surface area (Å²) >= 11 is 1.62. The first-order chi connectivity index (χ1) is 15.9. The molecule has 2 unspecified atom stereocenters. The number of ketones is 1. The van der Waals surface area contributed by atoms with Crippen LogP contribution in [0.4, 0.5) is 5.82 Å². The summed E-state index contributed by atoms with van der Waals surface area (Å²) in [5, 5.41) is 25.0. The third-order valence-electron chi connectivity index (χ3n) is 7.55. The van der Waals surface area contributed by atoms with Crippen molar-refractivity contribution in [1.82, 2.24) is 19.5 Å². The van der Waals surface area contributed by atoms with Crippen LogP contribution >= 0.6 is 11.3 Å². The van der Waals surface area contributed by atoms with E-state index in [1.165, 1.54) is 18.2 Å². The van der Waals surface area contributed by atoms with Crippen LogP contribution in [0.25, 0.3) is 11.2 Å². The van der Waals surface area contributed by atoms with E-state index in [0.29, 0.717) is 35.3 Å². The minimum absolute atomic E-state index is 0.0780. The fraction of sp³-hybridized carbons (Fsp3) is 0.500. The van der Waals surface area contributed by atoms with Gasteiger partial charge in [0.05, 0.1) is 28.8 Å². The topological polar surface area (TPSA) is 113 Å². The Bertz CT molecular complexity index is 1330. The van der Waals surface area contributed by atoms with Crippen molar-refractivity contribution < 1.29 is 15.0 Å². The van der Waals surface area contributed by atoms with Crippen LogP contribution in [-0.2, 0) is 4.79 Å². The number of rotatable bonds is 4. The molecular weight excluding hydrogens is 438 g/mol. The highest BCUT2D eigenvalue weighted by molar-refractivity contribution is 7.12. The molecule has 8 nitrogen and oxygen atoms in total. The van der Waals surface area contributed by atoms with E-state index in [1.54, 1.807) is 22.2 Å². The summed E-state index contributed by atoms with van der Waals surface area (Å²) < 4.78 is 1.81. The van der Waals surface area contributed by atoms with Gasteiger partial charge >= 0.3 is 0 Å². The average Bonchev–Trinajstić information content (AvgIpc) is 3.01. The zero-order valence-electron chi connectivity index (χ0n) is 18.4. The molecule has 0 amide bonds. The Kier molecular flexibility index (Phi) is 4.63. The quantitative estimate of drug-likeness (QED) is 0.509. The third kappa shape index (κ3) is 3.12. The number of imidazole rings is 1. The lowest BCUT2D eigenvalue weighted by atomic mass is 9.93. The summed E-state index contributed by atoms with van der Waals surface area (Å²) in [6.45, 7) is 3.53. The Balaban J connectivity index is 1.44. The van der Waals surface area contributed by atoms with E-state index >= 15 is 0 Å². The Labute approximate surface area is 195 Å². The summed E-state index contributed by atoms with van der Waals surface area (Å²) in [5.74, 6) is 7.02. The number of aliphatic hydroxyl groups excluding tert-OH is 2. The molecule has 9 heteroatoms. The lowest BCUT2D eigenvalue weighted by molar-refractivity contribution is -0.128. The zero-order valence-corrected chi connectivity index (χ0v) is 19.3. The van der Waals surface area contributed by atoms with E-state index in [2.05, 4.69) is 27.1 Å². The van der Waals surface area contributed by atoms with Crippen molar-refractivity contribution in [2.45, 2.75) is 63.8 Å². The molecule has 3 aromatic rings. The van der Waals surface area contributed by atoms with Crippen LogP contribution in [0, 0.1) is 30.1 Å². The first-order valence-electron chi connectivity index (χ1n) is 11.4. The van der Waals surface area contributed by atoms with Gasteiger partial charge in [-0.25, -0.2) is 15.0 Å². The monoisotopic (exact) mass is 463 g/mol. The molecule has 33 heavy (non-hydrogen) atoms. The van der Waals surface area contributed by atoms with Gasteiger partial charge in [-0.3, -0.25) is 4.79 Å². The molecule has 3 aliphatic carbocycles. The number of aliphatic hydroxyl groups is 2. The number of hydrogen-bond donors (Lipinski definition) is 3. The Morgan fingerprint density at radius 3 is 2.73 bits per heavy atom. The number of Topliss-reactive ketones (excluding diaryl/α,β-unsaturated/α-hetero) is 1. The summed E-state index contributed by atoms with van der Waals surface area (Å²) in [7, 11) is 0. The van der Waals surface area contributed by atoms with Crippen molar-refractivity contribution in [3.63, 3.8) is 0 Å². The maximum Gasteiger partial charge on any atom is 0.209 e. The van der Waals surface area contributed by atoms with Crippen LogP contribution in [-0.4, -0.2) is 53.8 Å². The van der Waals surface area contributed by atoms with Gasteiger partial charge in [0, 0.05) is 10.9 Å². The SMILES string of the molecule is CC(=O)[C@]12CC1[C@@H](n1cnc3c(NC4CCC4)nc(C#Cc4ccc(C)s4)nc31)[C@H](O)C2O.